The lowest BCUT2D eigenvalue weighted by molar-refractivity contribution is -0.120. The zero-order chi connectivity index (χ0) is 22.9. The lowest BCUT2D eigenvalue weighted by Gasteiger charge is -2.10. The molecule has 0 aliphatic heterocycles. The molecule has 0 saturated heterocycles. The lowest BCUT2D eigenvalue weighted by Crippen LogP contribution is -2.20. The van der Waals surface area contributed by atoms with Crippen LogP contribution in [0.4, 0.5) is 5.69 Å². The first-order valence-corrected chi connectivity index (χ1v) is 9.74. The Labute approximate surface area is 185 Å². The molecule has 3 aromatic rings. The standard InChI is InChI=1S/C25H22N2O5/c1-31-22-14-17(10-12-21(22)32-16-23(26)28)11-13-24(29)27-20-9-5-8-19(15-20)25(30)18-6-3-2-4-7-18/h2-15H,16H2,1H3,(H2,26,28)(H,27,29)/b13-11+. The molecule has 0 aliphatic carbocycles. The van der Waals surface area contributed by atoms with Crippen LogP contribution in [0.1, 0.15) is 21.5 Å². The Morgan fingerprint density at radius 3 is 2.38 bits per heavy atom. The minimum absolute atomic E-state index is 0.122. The van der Waals surface area contributed by atoms with Crippen molar-refractivity contribution in [2.45, 2.75) is 0 Å². The maximum atomic E-state index is 12.6. The third-order valence-electron chi connectivity index (χ3n) is 4.41. The number of nitrogens with one attached hydrogen (secondary N) is 1. The van der Waals surface area contributed by atoms with E-state index in [0.29, 0.717) is 33.9 Å². The van der Waals surface area contributed by atoms with E-state index in [1.807, 2.05) is 6.07 Å². The Kier molecular flexibility index (Phi) is 7.37. The molecule has 3 N–H and O–H groups in total. The van der Waals surface area contributed by atoms with Gasteiger partial charge in [-0.15, -0.1) is 0 Å². The van der Waals surface area contributed by atoms with E-state index in [1.165, 1.54) is 13.2 Å². The number of amides is 2. The molecule has 3 rings (SSSR count). The highest BCUT2D eigenvalue weighted by Gasteiger charge is 2.10. The van der Waals surface area contributed by atoms with Crippen molar-refractivity contribution >= 4 is 29.4 Å². The molecular formula is C25H22N2O5. The number of anilines is 1. The molecule has 0 bridgehead atoms. The fourth-order valence-corrected chi connectivity index (χ4v) is 2.91. The molecule has 0 heterocycles. The van der Waals surface area contributed by atoms with Crippen molar-refractivity contribution in [3.63, 3.8) is 0 Å². The Hall–Kier alpha value is -4.39. The van der Waals surface area contributed by atoms with Crippen LogP contribution in [-0.4, -0.2) is 31.3 Å². The normalized spacial score (nSPS) is 10.5. The molecule has 7 heteroatoms. The highest BCUT2D eigenvalue weighted by Crippen LogP contribution is 2.28. The van der Waals surface area contributed by atoms with Gasteiger partial charge in [0.25, 0.3) is 5.91 Å². The molecule has 162 valence electrons. The van der Waals surface area contributed by atoms with Crippen molar-refractivity contribution < 1.29 is 23.9 Å². The summed E-state index contributed by atoms with van der Waals surface area (Å²) < 4.78 is 10.5. The van der Waals surface area contributed by atoms with Gasteiger partial charge in [0.1, 0.15) is 0 Å². The van der Waals surface area contributed by atoms with E-state index in [-0.39, 0.29) is 18.3 Å². The number of carbonyl (C=O) groups excluding carboxylic acids is 3. The topological polar surface area (TPSA) is 108 Å². The molecule has 0 spiro atoms. The van der Waals surface area contributed by atoms with E-state index in [4.69, 9.17) is 15.2 Å². The number of hydrogen-bond acceptors (Lipinski definition) is 5. The average molecular weight is 430 g/mol. The summed E-state index contributed by atoms with van der Waals surface area (Å²) in [6, 6.07) is 20.7. The first-order valence-electron chi connectivity index (χ1n) is 9.74. The van der Waals surface area contributed by atoms with Gasteiger partial charge in [-0.25, -0.2) is 0 Å². The minimum atomic E-state index is -0.595. The number of carbonyl (C=O) groups is 3. The number of rotatable bonds is 9. The molecule has 0 saturated carbocycles. The fraction of sp³-hybridized carbons (Fsp3) is 0.0800. The van der Waals surface area contributed by atoms with Crippen LogP contribution in [0.25, 0.3) is 6.08 Å². The van der Waals surface area contributed by atoms with Crippen molar-refractivity contribution in [1.82, 2.24) is 0 Å². The number of ether oxygens (including phenoxy) is 2. The SMILES string of the molecule is COc1cc(/C=C/C(=O)Nc2cccc(C(=O)c3ccccc3)c2)ccc1OCC(N)=O. The van der Waals surface area contributed by atoms with E-state index in [2.05, 4.69) is 5.32 Å². The molecule has 0 unspecified atom stereocenters. The van der Waals surface area contributed by atoms with Crippen molar-refractivity contribution in [2.24, 2.45) is 5.73 Å². The maximum absolute atomic E-state index is 12.6. The highest BCUT2D eigenvalue weighted by atomic mass is 16.5. The van der Waals surface area contributed by atoms with Crippen LogP contribution < -0.4 is 20.5 Å². The van der Waals surface area contributed by atoms with Gasteiger partial charge in [0.2, 0.25) is 5.91 Å². The Balaban J connectivity index is 1.67. The number of benzene rings is 3. The number of methoxy groups -OCH3 is 1. The number of ketones is 1. The van der Waals surface area contributed by atoms with E-state index >= 15 is 0 Å². The van der Waals surface area contributed by atoms with Crippen LogP contribution in [0.15, 0.2) is 78.9 Å². The van der Waals surface area contributed by atoms with Gasteiger partial charge in [0.15, 0.2) is 23.9 Å². The minimum Gasteiger partial charge on any atom is -0.493 e. The van der Waals surface area contributed by atoms with Crippen molar-refractivity contribution in [2.75, 3.05) is 19.0 Å². The largest absolute Gasteiger partial charge is 0.493 e. The first kappa shape index (κ1) is 22.3. The number of nitrogens with two attached hydrogens (primary N) is 1. The van der Waals surface area contributed by atoms with Crippen molar-refractivity contribution in [3.05, 3.63) is 95.6 Å². The molecule has 32 heavy (non-hydrogen) atoms. The van der Waals surface area contributed by atoms with Crippen LogP contribution in [-0.2, 0) is 9.59 Å². The second-order valence-electron chi connectivity index (χ2n) is 6.76. The third-order valence-corrected chi connectivity index (χ3v) is 4.41. The van der Waals surface area contributed by atoms with Crippen LogP contribution in [0, 0.1) is 0 Å². The second-order valence-corrected chi connectivity index (χ2v) is 6.76. The summed E-state index contributed by atoms with van der Waals surface area (Å²) in [4.78, 5) is 35.8. The first-order chi connectivity index (χ1) is 15.5. The zero-order valence-corrected chi connectivity index (χ0v) is 17.4. The molecule has 3 aromatic carbocycles. The molecule has 0 radical (unpaired) electrons. The molecular weight excluding hydrogens is 408 g/mol. The molecule has 0 fully saturated rings. The highest BCUT2D eigenvalue weighted by molar-refractivity contribution is 6.10. The van der Waals surface area contributed by atoms with Gasteiger partial charge < -0.3 is 20.5 Å². The fourth-order valence-electron chi connectivity index (χ4n) is 2.91. The molecule has 0 atom stereocenters. The van der Waals surface area contributed by atoms with Gasteiger partial charge in [-0.2, -0.15) is 0 Å². The number of hydrogen-bond donors (Lipinski definition) is 2. The summed E-state index contributed by atoms with van der Waals surface area (Å²) in [6.45, 7) is -0.264. The lowest BCUT2D eigenvalue weighted by atomic mass is 10.0. The van der Waals surface area contributed by atoms with Crippen LogP contribution in [0.2, 0.25) is 0 Å². The molecule has 7 nitrogen and oxygen atoms in total. The summed E-state index contributed by atoms with van der Waals surface area (Å²) in [5.74, 6) is -0.304. The van der Waals surface area contributed by atoms with Gasteiger partial charge in [-0.05, 0) is 35.9 Å². The predicted octanol–water partition coefficient (Wildman–Crippen LogP) is 3.44. The summed E-state index contributed by atoms with van der Waals surface area (Å²) in [7, 11) is 1.47. The zero-order valence-electron chi connectivity index (χ0n) is 17.4. The van der Waals surface area contributed by atoms with Gasteiger partial charge in [0.05, 0.1) is 7.11 Å². The average Bonchev–Trinajstić information content (AvgIpc) is 2.81. The van der Waals surface area contributed by atoms with Crippen molar-refractivity contribution in [3.8, 4) is 11.5 Å². The van der Waals surface area contributed by atoms with E-state index < -0.39 is 5.91 Å². The Morgan fingerprint density at radius 2 is 1.66 bits per heavy atom. The van der Waals surface area contributed by atoms with Crippen LogP contribution >= 0.6 is 0 Å². The Morgan fingerprint density at radius 1 is 0.906 bits per heavy atom. The quantitative estimate of drug-likeness (QED) is 0.399. The summed E-state index contributed by atoms with van der Waals surface area (Å²) in [6.07, 6.45) is 2.97. The smallest absolute Gasteiger partial charge is 0.255 e. The monoisotopic (exact) mass is 430 g/mol. The second kappa shape index (κ2) is 10.6. The Bertz CT molecular complexity index is 1160. The van der Waals surface area contributed by atoms with E-state index in [1.54, 1.807) is 72.8 Å². The molecule has 0 aromatic heterocycles. The molecule has 0 aliphatic rings. The van der Waals surface area contributed by atoms with Gasteiger partial charge >= 0.3 is 0 Å². The summed E-state index contributed by atoms with van der Waals surface area (Å²) in [5, 5.41) is 2.75. The van der Waals surface area contributed by atoms with Gasteiger partial charge in [-0.3, -0.25) is 14.4 Å². The van der Waals surface area contributed by atoms with E-state index in [9.17, 15) is 14.4 Å². The third kappa shape index (κ3) is 6.06. The molecule has 2 amide bonds. The number of primary amides is 1. The predicted molar refractivity (Wildman–Crippen MR) is 122 cm³/mol. The van der Waals surface area contributed by atoms with Crippen LogP contribution in [0.3, 0.4) is 0 Å². The van der Waals surface area contributed by atoms with Crippen LogP contribution in [0.5, 0.6) is 11.5 Å². The summed E-state index contributed by atoms with van der Waals surface area (Å²) in [5.41, 5.74) is 7.34. The van der Waals surface area contributed by atoms with Crippen molar-refractivity contribution in [1.29, 1.82) is 0 Å². The summed E-state index contributed by atoms with van der Waals surface area (Å²) >= 11 is 0. The van der Waals surface area contributed by atoms with E-state index in [0.717, 1.165) is 0 Å². The van der Waals surface area contributed by atoms with Gasteiger partial charge in [0, 0.05) is 22.9 Å². The maximum Gasteiger partial charge on any atom is 0.255 e. The van der Waals surface area contributed by atoms with Gasteiger partial charge in [-0.1, -0.05) is 48.5 Å².